The highest BCUT2D eigenvalue weighted by Crippen LogP contribution is 2.29. The smallest absolute Gasteiger partial charge is 0.329 e. The molecule has 0 spiro atoms. The third kappa shape index (κ3) is 3.98. The Kier molecular flexibility index (Phi) is 5.65. The van der Waals surface area contributed by atoms with Crippen molar-refractivity contribution in [2.45, 2.75) is 13.5 Å². The molecule has 0 aliphatic carbocycles. The van der Waals surface area contributed by atoms with Crippen LogP contribution in [0.25, 0.3) is 17.0 Å². The van der Waals surface area contributed by atoms with E-state index in [1.807, 2.05) is 43.3 Å². The number of benzene rings is 2. The summed E-state index contributed by atoms with van der Waals surface area (Å²) in [5.74, 6) is -1.22. The summed E-state index contributed by atoms with van der Waals surface area (Å²) in [4.78, 5) is 37.3. The number of rotatable bonds is 5. The normalized spacial score (nSPS) is 15.1. The number of imide groups is 1. The van der Waals surface area contributed by atoms with Gasteiger partial charge in [0.15, 0.2) is 0 Å². The second-order valence-electron chi connectivity index (χ2n) is 7.18. The van der Waals surface area contributed by atoms with E-state index in [0.29, 0.717) is 6.54 Å². The molecule has 3 amide bonds. The Morgan fingerprint density at radius 2 is 1.84 bits per heavy atom. The lowest BCUT2D eigenvalue weighted by molar-refractivity contribution is -0.143. The number of fused-ring (bicyclic) bond motifs is 1. The van der Waals surface area contributed by atoms with Crippen molar-refractivity contribution in [2.24, 2.45) is 0 Å². The van der Waals surface area contributed by atoms with E-state index in [1.54, 1.807) is 6.08 Å². The van der Waals surface area contributed by atoms with Crippen LogP contribution in [-0.2, 0) is 20.9 Å². The molecule has 3 aromatic rings. The number of carbonyl (C=O) groups excluding carboxylic acids is 3. The summed E-state index contributed by atoms with van der Waals surface area (Å²) in [7, 11) is 1.21. The molecule has 0 unspecified atom stereocenters. The van der Waals surface area contributed by atoms with E-state index in [4.69, 9.17) is 0 Å². The molecule has 1 fully saturated rings. The zero-order valence-electron chi connectivity index (χ0n) is 17.0. The van der Waals surface area contributed by atoms with E-state index in [1.165, 1.54) is 7.11 Å². The number of halogens is 1. The van der Waals surface area contributed by atoms with Crippen molar-refractivity contribution in [3.8, 4) is 0 Å². The van der Waals surface area contributed by atoms with Gasteiger partial charge in [0.05, 0.1) is 7.11 Å². The highest BCUT2D eigenvalue weighted by Gasteiger charge is 2.35. The summed E-state index contributed by atoms with van der Waals surface area (Å²) < 4.78 is 7.76. The Hall–Kier alpha value is -3.39. The number of para-hydroxylation sites is 1. The Morgan fingerprint density at radius 1 is 1.13 bits per heavy atom. The quantitative estimate of drug-likeness (QED) is 0.341. The summed E-state index contributed by atoms with van der Waals surface area (Å²) in [5, 5.41) is 3.54. The first-order chi connectivity index (χ1) is 14.9. The monoisotopic (exact) mass is 481 g/mol. The minimum absolute atomic E-state index is 0.128. The molecule has 2 aromatic carbocycles. The first-order valence-electron chi connectivity index (χ1n) is 9.62. The number of hydrogen-bond donors (Lipinski definition) is 1. The number of amides is 3. The number of urea groups is 1. The molecule has 0 bridgehead atoms. The average molecular weight is 482 g/mol. The van der Waals surface area contributed by atoms with Gasteiger partial charge in [-0.3, -0.25) is 9.59 Å². The highest BCUT2D eigenvalue weighted by atomic mass is 79.9. The van der Waals surface area contributed by atoms with Crippen LogP contribution < -0.4 is 5.32 Å². The lowest BCUT2D eigenvalue weighted by Crippen LogP contribution is -2.36. The van der Waals surface area contributed by atoms with Crippen molar-refractivity contribution < 1.29 is 19.1 Å². The molecule has 2 heterocycles. The fourth-order valence-electron chi connectivity index (χ4n) is 3.67. The van der Waals surface area contributed by atoms with Crippen LogP contribution in [0.3, 0.4) is 0 Å². The van der Waals surface area contributed by atoms with Crippen molar-refractivity contribution >= 4 is 50.8 Å². The van der Waals surface area contributed by atoms with Crippen LogP contribution in [-0.4, -0.2) is 41.0 Å². The maximum atomic E-state index is 12.7. The zero-order valence-corrected chi connectivity index (χ0v) is 18.6. The Labute approximate surface area is 187 Å². The summed E-state index contributed by atoms with van der Waals surface area (Å²) in [6.07, 6.45) is 1.67. The van der Waals surface area contributed by atoms with Crippen molar-refractivity contribution in [3.63, 3.8) is 0 Å². The van der Waals surface area contributed by atoms with E-state index >= 15 is 0 Å². The van der Waals surface area contributed by atoms with Gasteiger partial charge in [-0.05, 0) is 36.8 Å². The van der Waals surface area contributed by atoms with Gasteiger partial charge in [0.2, 0.25) is 0 Å². The molecule has 158 valence electrons. The van der Waals surface area contributed by atoms with Crippen molar-refractivity contribution in [3.05, 3.63) is 75.5 Å². The molecule has 31 heavy (non-hydrogen) atoms. The van der Waals surface area contributed by atoms with Gasteiger partial charge >= 0.3 is 12.0 Å². The molecule has 0 atom stereocenters. The number of hydrogen-bond acceptors (Lipinski definition) is 4. The van der Waals surface area contributed by atoms with Gasteiger partial charge in [-0.25, -0.2) is 9.69 Å². The van der Waals surface area contributed by atoms with Gasteiger partial charge in [0, 0.05) is 33.2 Å². The molecule has 4 rings (SSSR count). The van der Waals surface area contributed by atoms with E-state index in [2.05, 4.69) is 42.7 Å². The number of nitrogens with one attached hydrogen (secondary N) is 1. The van der Waals surface area contributed by atoms with Gasteiger partial charge < -0.3 is 14.6 Å². The molecule has 1 saturated heterocycles. The molecule has 8 heteroatoms. The highest BCUT2D eigenvalue weighted by molar-refractivity contribution is 9.10. The van der Waals surface area contributed by atoms with Crippen LogP contribution in [0.1, 0.15) is 16.8 Å². The van der Waals surface area contributed by atoms with E-state index in [-0.39, 0.29) is 5.70 Å². The second kappa shape index (κ2) is 8.39. The summed E-state index contributed by atoms with van der Waals surface area (Å²) >= 11 is 3.46. The van der Waals surface area contributed by atoms with Gasteiger partial charge in [-0.2, -0.15) is 0 Å². The standard InChI is InChI=1S/C23H20BrN3O4/c1-14-18(11-19-22(29)27(23(30)25-19)13-21(28)31-2)17-5-3-4-6-20(17)26(14)12-15-7-9-16(24)10-8-15/h3-11H,12-13H2,1-2H3,(H,25,30)/b19-11+. The maximum absolute atomic E-state index is 12.7. The van der Waals surface area contributed by atoms with E-state index in [9.17, 15) is 14.4 Å². The van der Waals surface area contributed by atoms with Crippen LogP contribution in [0.4, 0.5) is 4.79 Å². The van der Waals surface area contributed by atoms with Gasteiger partial charge in [-0.15, -0.1) is 0 Å². The Morgan fingerprint density at radius 3 is 2.55 bits per heavy atom. The van der Waals surface area contributed by atoms with Crippen molar-refractivity contribution in [1.29, 1.82) is 0 Å². The van der Waals surface area contributed by atoms with Crippen LogP contribution in [0.15, 0.2) is 58.7 Å². The Balaban J connectivity index is 1.74. The van der Waals surface area contributed by atoms with E-state index < -0.39 is 24.5 Å². The number of esters is 1. The zero-order chi connectivity index (χ0) is 22.1. The molecular formula is C23H20BrN3O4. The molecule has 7 nitrogen and oxygen atoms in total. The fourth-order valence-corrected chi connectivity index (χ4v) is 3.93. The molecule has 0 radical (unpaired) electrons. The van der Waals surface area contributed by atoms with E-state index in [0.717, 1.165) is 37.1 Å². The topological polar surface area (TPSA) is 80.6 Å². The number of nitrogens with zero attached hydrogens (tertiary/aromatic N) is 2. The fraction of sp³-hybridized carbons (Fsp3) is 0.174. The molecule has 1 N–H and O–H groups in total. The predicted molar refractivity (Wildman–Crippen MR) is 120 cm³/mol. The number of carbonyl (C=O) groups is 3. The number of ether oxygens (including phenoxy) is 1. The average Bonchev–Trinajstić information content (AvgIpc) is 3.18. The second-order valence-corrected chi connectivity index (χ2v) is 8.10. The lowest BCUT2D eigenvalue weighted by atomic mass is 10.1. The largest absolute Gasteiger partial charge is 0.468 e. The number of aromatic nitrogens is 1. The Bertz CT molecular complexity index is 1230. The first-order valence-corrected chi connectivity index (χ1v) is 10.4. The third-order valence-electron chi connectivity index (χ3n) is 5.30. The van der Waals surface area contributed by atoms with Gasteiger partial charge in [0.25, 0.3) is 5.91 Å². The van der Waals surface area contributed by atoms with Crippen LogP contribution in [0.2, 0.25) is 0 Å². The van der Waals surface area contributed by atoms with Crippen LogP contribution >= 0.6 is 15.9 Å². The van der Waals surface area contributed by atoms with Crippen LogP contribution in [0.5, 0.6) is 0 Å². The van der Waals surface area contributed by atoms with Crippen molar-refractivity contribution in [2.75, 3.05) is 13.7 Å². The van der Waals surface area contributed by atoms with Gasteiger partial charge in [-0.1, -0.05) is 46.3 Å². The lowest BCUT2D eigenvalue weighted by Gasteiger charge is -2.09. The summed E-state index contributed by atoms with van der Waals surface area (Å²) in [6.45, 7) is 2.22. The summed E-state index contributed by atoms with van der Waals surface area (Å²) in [6, 6.07) is 15.4. The molecule has 1 aliphatic heterocycles. The SMILES string of the molecule is COC(=O)CN1C(=O)N/C(=C/c2c(C)n(Cc3ccc(Br)cc3)c3ccccc23)C1=O. The van der Waals surface area contributed by atoms with Crippen LogP contribution in [0, 0.1) is 6.92 Å². The molecule has 1 aromatic heterocycles. The third-order valence-corrected chi connectivity index (χ3v) is 5.83. The summed E-state index contributed by atoms with van der Waals surface area (Å²) in [5.41, 5.74) is 4.10. The van der Waals surface area contributed by atoms with Gasteiger partial charge in [0.1, 0.15) is 12.2 Å². The number of methoxy groups -OCH3 is 1. The molecule has 1 aliphatic rings. The molecular weight excluding hydrogens is 462 g/mol. The maximum Gasteiger partial charge on any atom is 0.329 e. The minimum atomic E-state index is -0.660. The minimum Gasteiger partial charge on any atom is -0.468 e. The molecule has 0 saturated carbocycles. The van der Waals surface area contributed by atoms with Crippen molar-refractivity contribution in [1.82, 2.24) is 14.8 Å². The predicted octanol–water partition coefficient (Wildman–Crippen LogP) is 3.83. The first kappa shape index (κ1) is 20.9.